The normalized spacial score (nSPS) is 20.9. The fourth-order valence-electron chi connectivity index (χ4n) is 3.24. The van der Waals surface area contributed by atoms with Gasteiger partial charge in [0.05, 0.1) is 12.2 Å². The Labute approximate surface area is 155 Å². The first-order valence-electron chi connectivity index (χ1n) is 8.88. The van der Waals surface area contributed by atoms with E-state index in [9.17, 15) is 23.2 Å². The van der Waals surface area contributed by atoms with Crippen molar-refractivity contribution in [3.63, 3.8) is 0 Å². The molecule has 0 saturated carbocycles. The van der Waals surface area contributed by atoms with Crippen LogP contribution in [0.1, 0.15) is 19.3 Å². The molecule has 1 N–H and O–H groups in total. The highest BCUT2D eigenvalue weighted by molar-refractivity contribution is 5.92. The molecule has 2 aliphatic heterocycles. The fraction of sp³-hybridized carbons (Fsp3) is 0.500. The zero-order valence-corrected chi connectivity index (χ0v) is 14.7. The maximum Gasteiger partial charge on any atom is 0.306 e. The van der Waals surface area contributed by atoms with Crippen molar-refractivity contribution in [3.8, 4) is 0 Å². The van der Waals surface area contributed by atoms with Gasteiger partial charge in [0.2, 0.25) is 5.91 Å². The van der Waals surface area contributed by atoms with Gasteiger partial charge in [0.1, 0.15) is 11.6 Å². The highest BCUT2D eigenvalue weighted by atomic mass is 19.1. The number of nitrogens with zero attached hydrogens (tertiary/aromatic N) is 2. The van der Waals surface area contributed by atoms with Crippen LogP contribution < -0.4 is 5.32 Å². The van der Waals surface area contributed by atoms with Crippen LogP contribution in [-0.2, 0) is 19.1 Å². The van der Waals surface area contributed by atoms with E-state index < -0.39 is 23.6 Å². The number of ether oxygens (including phenoxy) is 1. The summed E-state index contributed by atoms with van der Waals surface area (Å²) in [7, 11) is 0. The van der Waals surface area contributed by atoms with E-state index in [1.54, 1.807) is 4.90 Å². The summed E-state index contributed by atoms with van der Waals surface area (Å²) in [5.74, 6) is -2.50. The number of hydrogen-bond acceptors (Lipinski definition) is 5. The molecule has 0 spiro atoms. The SMILES string of the molecule is O=C(CN1CCCN(C(=O)C2CCC(=O)O2)CC1)Nc1ccc(F)cc1F. The third-order valence-corrected chi connectivity index (χ3v) is 4.63. The maximum atomic E-state index is 13.6. The van der Waals surface area contributed by atoms with Crippen LogP contribution in [0.3, 0.4) is 0 Å². The molecule has 9 heteroatoms. The van der Waals surface area contributed by atoms with Crippen LogP contribution in [0.15, 0.2) is 18.2 Å². The van der Waals surface area contributed by atoms with Gasteiger partial charge in [-0.15, -0.1) is 0 Å². The third kappa shape index (κ3) is 5.00. The molecule has 3 rings (SSSR count). The molecule has 27 heavy (non-hydrogen) atoms. The van der Waals surface area contributed by atoms with Crippen LogP contribution in [0.5, 0.6) is 0 Å². The number of halogens is 2. The van der Waals surface area contributed by atoms with E-state index in [1.165, 1.54) is 6.07 Å². The molecule has 1 unspecified atom stereocenters. The Bertz CT molecular complexity index is 743. The number of nitrogens with one attached hydrogen (secondary N) is 1. The van der Waals surface area contributed by atoms with Crippen molar-refractivity contribution in [3.05, 3.63) is 29.8 Å². The molecular weight excluding hydrogens is 360 g/mol. The average molecular weight is 381 g/mol. The van der Waals surface area contributed by atoms with Crippen LogP contribution in [0.4, 0.5) is 14.5 Å². The minimum atomic E-state index is -0.831. The predicted octanol–water partition coefficient (Wildman–Crippen LogP) is 1.14. The van der Waals surface area contributed by atoms with E-state index in [4.69, 9.17) is 4.74 Å². The van der Waals surface area contributed by atoms with Crippen LogP contribution in [0, 0.1) is 11.6 Å². The maximum absolute atomic E-state index is 13.6. The molecule has 146 valence electrons. The molecule has 2 amide bonds. The van der Waals surface area contributed by atoms with Crippen molar-refractivity contribution in [1.29, 1.82) is 0 Å². The lowest BCUT2D eigenvalue weighted by atomic mass is 10.2. The Morgan fingerprint density at radius 3 is 2.70 bits per heavy atom. The van der Waals surface area contributed by atoms with Crippen molar-refractivity contribution >= 4 is 23.5 Å². The molecule has 1 atom stereocenters. The molecule has 1 aromatic rings. The lowest BCUT2D eigenvalue weighted by Gasteiger charge is -2.23. The summed E-state index contributed by atoms with van der Waals surface area (Å²) >= 11 is 0. The van der Waals surface area contributed by atoms with Crippen molar-refractivity contribution in [2.24, 2.45) is 0 Å². The number of hydrogen-bond donors (Lipinski definition) is 1. The topological polar surface area (TPSA) is 79.0 Å². The van der Waals surface area contributed by atoms with Crippen molar-refractivity contribution in [2.45, 2.75) is 25.4 Å². The largest absolute Gasteiger partial charge is 0.452 e. The van der Waals surface area contributed by atoms with E-state index >= 15 is 0 Å². The standard InChI is InChI=1S/C18H21F2N3O4/c19-12-2-3-14(13(20)10-12)21-16(24)11-22-6-1-7-23(9-8-22)18(26)15-4-5-17(25)27-15/h2-3,10,15H,1,4-9,11H2,(H,21,24). The van der Waals surface area contributed by atoms with Crippen molar-refractivity contribution in [2.75, 3.05) is 38.0 Å². The van der Waals surface area contributed by atoms with Crippen molar-refractivity contribution < 1.29 is 27.9 Å². The van der Waals surface area contributed by atoms with Gasteiger partial charge in [-0.05, 0) is 18.6 Å². The number of rotatable bonds is 4. The summed E-state index contributed by atoms with van der Waals surface area (Å²) in [5.41, 5.74) is -0.0731. The van der Waals surface area contributed by atoms with Gasteiger partial charge in [-0.25, -0.2) is 8.78 Å². The number of esters is 1. The molecule has 7 nitrogen and oxygen atoms in total. The number of anilines is 1. The molecular formula is C18H21F2N3O4. The van der Waals surface area contributed by atoms with E-state index in [2.05, 4.69) is 5.32 Å². The Balaban J connectivity index is 1.49. The van der Waals surface area contributed by atoms with Gasteiger partial charge in [0, 0.05) is 45.1 Å². The Hall–Kier alpha value is -2.55. The van der Waals surface area contributed by atoms with Crippen LogP contribution in [0.2, 0.25) is 0 Å². The molecule has 2 saturated heterocycles. The number of amides is 2. The third-order valence-electron chi connectivity index (χ3n) is 4.63. The van der Waals surface area contributed by atoms with Crippen LogP contribution >= 0.6 is 0 Å². The van der Waals surface area contributed by atoms with Crippen LogP contribution in [0.25, 0.3) is 0 Å². The summed E-state index contributed by atoms with van der Waals surface area (Å²) in [6.45, 7) is 2.07. The molecule has 2 fully saturated rings. The monoisotopic (exact) mass is 381 g/mol. The van der Waals surface area contributed by atoms with E-state index in [0.29, 0.717) is 45.1 Å². The second-order valence-electron chi connectivity index (χ2n) is 6.64. The summed E-state index contributed by atoms with van der Waals surface area (Å²) < 4.78 is 31.6. The van der Waals surface area contributed by atoms with Gasteiger partial charge >= 0.3 is 5.97 Å². The average Bonchev–Trinajstić information content (AvgIpc) is 2.92. The first kappa shape index (κ1) is 19.2. The zero-order chi connectivity index (χ0) is 19.4. The molecule has 1 aromatic carbocycles. The number of cyclic esters (lactones) is 1. The summed E-state index contributed by atoms with van der Waals surface area (Å²) in [6, 6.07) is 2.96. The Kier molecular flexibility index (Phi) is 6.00. The molecule has 0 bridgehead atoms. The van der Waals surface area contributed by atoms with Crippen LogP contribution in [-0.4, -0.2) is 66.4 Å². The highest BCUT2D eigenvalue weighted by Crippen LogP contribution is 2.18. The zero-order valence-electron chi connectivity index (χ0n) is 14.7. The number of carbonyl (C=O) groups is 3. The summed E-state index contributed by atoms with van der Waals surface area (Å²) in [6.07, 6.45) is 0.638. The molecule has 0 radical (unpaired) electrons. The van der Waals surface area contributed by atoms with Gasteiger partial charge in [0.25, 0.3) is 5.91 Å². The Morgan fingerprint density at radius 2 is 2.00 bits per heavy atom. The molecule has 0 aromatic heterocycles. The predicted molar refractivity (Wildman–Crippen MR) is 91.7 cm³/mol. The van der Waals surface area contributed by atoms with E-state index in [-0.39, 0.29) is 30.5 Å². The molecule has 2 heterocycles. The Morgan fingerprint density at radius 1 is 1.19 bits per heavy atom. The van der Waals surface area contributed by atoms with Crippen molar-refractivity contribution in [1.82, 2.24) is 9.80 Å². The van der Waals surface area contributed by atoms with Gasteiger partial charge in [0.15, 0.2) is 6.10 Å². The first-order chi connectivity index (χ1) is 12.9. The second kappa shape index (κ2) is 8.43. The quantitative estimate of drug-likeness (QED) is 0.792. The number of benzene rings is 1. The second-order valence-corrected chi connectivity index (χ2v) is 6.64. The minimum absolute atomic E-state index is 0.0389. The molecule has 0 aliphatic carbocycles. The smallest absolute Gasteiger partial charge is 0.306 e. The molecule has 2 aliphatic rings. The van der Waals surface area contributed by atoms with E-state index in [0.717, 1.165) is 6.07 Å². The first-order valence-corrected chi connectivity index (χ1v) is 8.88. The van der Waals surface area contributed by atoms with E-state index in [1.807, 2.05) is 4.90 Å². The lowest BCUT2D eigenvalue weighted by Crippen LogP contribution is -2.42. The fourth-order valence-corrected chi connectivity index (χ4v) is 3.24. The summed E-state index contributed by atoms with van der Waals surface area (Å²) in [4.78, 5) is 39.3. The van der Waals surface area contributed by atoms with Gasteiger partial charge in [-0.2, -0.15) is 0 Å². The lowest BCUT2D eigenvalue weighted by molar-refractivity contribution is -0.152. The van der Waals surface area contributed by atoms with Gasteiger partial charge in [-0.1, -0.05) is 0 Å². The minimum Gasteiger partial charge on any atom is -0.452 e. The highest BCUT2D eigenvalue weighted by Gasteiger charge is 2.33. The van der Waals surface area contributed by atoms with Gasteiger partial charge in [-0.3, -0.25) is 19.3 Å². The number of carbonyl (C=O) groups excluding carboxylic acids is 3. The van der Waals surface area contributed by atoms with Gasteiger partial charge < -0.3 is 15.0 Å². The summed E-state index contributed by atoms with van der Waals surface area (Å²) in [5, 5.41) is 2.43.